The van der Waals surface area contributed by atoms with Crippen molar-refractivity contribution < 1.29 is 0 Å². The van der Waals surface area contributed by atoms with E-state index in [1.807, 2.05) is 13.8 Å². The second-order valence-corrected chi connectivity index (χ2v) is 4.58. The molecule has 4 heteroatoms. The molecule has 0 spiro atoms. The predicted octanol–water partition coefficient (Wildman–Crippen LogP) is 1.56. The van der Waals surface area contributed by atoms with Crippen LogP contribution in [0.1, 0.15) is 22.7 Å². The molecule has 0 saturated heterocycles. The Kier molecular flexibility index (Phi) is 3.58. The summed E-state index contributed by atoms with van der Waals surface area (Å²) >= 11 is 0. The third-order valence-electron chi connectivity index (χ3n) is 2.85. The van der Waals surface area contributed by atoms with Crippen molar-refractivity contribution in [1.29, 1.82) is 0 Å². The lowest BCUT2D eigenvalue weighted by molar-refractivity contribution is 0.551. The van der Waals surface area contributed by atoms with Crippen molar-refractivity contribution in [2.24, 2.45) is 5.73 Å². The van der Waals surface area contributed by atoms with Crippen molar-refractivity contribution in [3.05, 3.63) is 63.8 Å². The lowest BCUT2D eigenvalue weighted by Gasteiger charge is -2.14. The first-order valence-electron chi connectivity index (χ1n) is 5.91. The minimum Gasteiger partial charge on any atom is -0.322 e. The van der Waals surface area contributed by atoms with E-state index in [9.17, 15) is 4.79 Å². The number of benzene rings is 1. The zero-order valence-corrected chi connectivity index (χ0v) is 10.6. The predicted molar refractivity (Wildman–Crippen MR) is 71.3 cm³/mol. The molecule has 0 aliphatic carbocycles. The molecule has 1 aromatic carbocycles. The molecule has 1 atom stereocenters. The van der Waals surface area contributed by atoms with Gasteiger partial charge in [-0.15, -0.1) is 0 Å². The van der Waals surface area contributed by atoms with Gasteiger partial charge in [-0.05, 0) is 25.5 Å². The Labute approximate surface area is 106 Å². The van der Waals surface area contributed by atoms with Crippen LogP contribution in [0.4, 0.5) is 0 Å². The summed E-state index contributed by atoms with van der Waals surface area (Å²) in [4.78, 5) is 15.2. The minimum atomic E-state index is -0.266. The molecule has 2 aromatic rings. The van der Waals surface area contributed by atoms with Crippen LogP contribution in [0, 0.1) is 13.8 Å². The van der Waals surface area contributed by atoms with Crippen LogP contribution < -0.4 is 11.4 Å². The molecule has 0 aliphatic heterocycles. The van der Waals surface area contributed by atoms with E-state index in [2.05, 4.69) is 23.2 Å². The van der Waals surface area contributed by atoms with Gasteiger partial charge in [0.15, 0.2) is 0 Å². The summed E-state index contributed by atoms with van der Waals surface area (Å²) in [7, 11) is 0. The summed E-state index contributed by atoms with van der Waals surface area (Å²) in [5, 5.41) is 0. The summed E-state index contributed by atoms with van der Waals surface area (Å²) in [6, 6.07) is 7.74. The molecule has 18 heavy (non-hydrogen) atoms. The first-order valence-corrected chi connectivity index (χ1v) is 5.91. The van der Waals surface area contributed by atoms with Crippen LogP contribution in [0.15, 0.2) is 41.5 Å². The van der Waals surface area contributed by atoms with Crippen molar-refractivity contribution in [3.63, 3.8) is 0 Å². The summed E-state index contributed by atoms with van der Waals surface area (Å²) < 4.78 is 1.53. The molecule has 1 unspecified atom stereocenters. The minimum absolute atomic E-state index is 0.203. The van der Waals surface area contributed by atoms with Gasteiger partial charge in [0.1, 0.15) is 0 Å². The van der Waals surface area contributed by atoms with Crippen LogP contribution in [-0.4, -0.2) is 9.55 Å². The maximum absolute atomic E-state index is 11.5. The van der Waals surface area contributed by atoms with Crippen molar-refractivity contribution in [1.82, 2.24) is 9.55 Å². The maximum Gasteiger partial charge on any atom is 0.347 e. The number of hydrogen-bond donors (Lipinski definition) is 1. The molecule has 0 aliphatic rings. The van der Waals surface area contributed by atoms with Crippen LogP contribution in [0.5, 0.6) is 0 Å². The van der Waals surface area contributed by atoms with E-state index in [0.29, 0.717) is 6.54 Å². The summed E-state index contributed by atoms with van der Waals surface area (Å²) in [6.45, 7) is 4.52. The molecule has 2 rings (SSSR count). The SMILES string of the molecule is Cc1cc(C)cc(C(N)Cn2cccnc2=O)c1. The van der Waals surface area contributed by atoms with Crippen molar-refractivity contribution in [3.8, 4) is 0 Å². The molecule has 0 bridgehead atoms. The van der Waals surface area contributed by atoms with Gasteiger partial charge < -0.3 is 5.73 Å². The Morgan fingerprint density at radius 2 is 1.94 bits per heavy atom. The molecule has 0 fully saturated rings. The molecule has 1 heterocycles. The smallest absolute Gasteiger partial charge is 0.322 e. The highest BCUT2D eigenvalue weighted by Gasteiger charge is 2.08. The van der Waals surface area contributed by atoms with Crippen molar-refractivity contribution >= 4 is 0 Å². The highest BCUT2D eigenvalue weighted by molar-refractivity contribution is 5.30. The average molecular weight is 243 g/mol. The van der Waals surface area contributed by atoms with E-state index in [1.54, 1.807) is 12.3 Å². The largest absolute Gasteiger partial charge is 0.347 e. The molecule has 0 radical (unpaired) electrons. The first kappa shape index (κ1) is 12.5. The standard InChI is InChI=1S/C14H17N3O/c1-10-6-11(2)8-12(7-10)13(15)9-17-5-3-4-16-14(17)18/h3-8,13H,9,15H2,1-2H3. The van der Waals surface area contributed by atoms with Gasteiger partial charge >= 0.3 is 5.69 Å². The number of nitrogens with two attached hydrogens (primary N) is 1. The summed E-state index contributed by atoms with van der Waals surface area (Å²) in [6.07, 6.45) is 3.19. The fourth-order valence-electron chi connectivity index (χ4n) is 2.07. The number of aryl methyl sites for hydroxylation is 2. The molecule has 4 nitrogen and oxygen atoms in total. The lowest BCUT2D eigenvalue weighted by atomic mass is 10.0. The van der Waals surface area contributed by atoms with Crippen LogP contribution in [0.2, 0.25) is 0 Å². The Morgan fingerprint density at radius 1 is 1.28 bits per heavy atom. The third kappa shape index (κ3) is 2.84. The number of aromatic nitrogens is 2. The Hall–Kier alpha value is -1.94. The molecule has 0 saturated carbocycles. The Balaban J connectivity index is 2.24. The fourth-order valence-corrected chi connectivity index (χ4v) is 2.07. The molecule has 2 N–H and O–H groups in total. The van der Waals surface area contributed by atoms with Gasteiger partial charge in [0.05, 0.1) is 0 Å². The third-order valence-corrected chi connectivity index (χ3v) is 2.85. The Morgan fingerprint density at radius 3 is 2.56 bits per heavy atom. The van der Waals surface area contributed by atoms with Gasteiger partial charge in [-0.2, -0.15) is 0 Å². The van der Waals surface area contributed by atoms with Crippen LogP contribution in [0.25, 0.3) is 0 Å². The van der Waals surface area contributed by atoms with E-state index < -0.39 is 0 Å². The average Bonchev–Trinajstić information content (AvgIpc) is 2.31. The van der Waals surface area contributed by atoms with Gasteiger partial charge in [0.2, 0.25) is 0 Å². The molecular formula is C14H17N3O. The quantitative estimate of drug-likeness (QED) is 0.890. The van der Waals surface area contributed by atoms with Gasteiger partial charge in [-0.25, -0.2) is 9.78 Å². The summed E-state index contributed by atoms with van der Waals surface area (Å²) in [5.74, 6) is 0. The van der Waals surface area contributed by atoms with Gasteiger partial charge in [0, 0.05) is 25.0 Å². The van der Waals surface area contributed by atoms with E-state index in [-0.39, 0.29) is 11.7 Å². The van der Waals surface area contributed by atoms with E-state index in [1.165, 1.54) is 21.9 Å². The lowest BCUT2D eigenvalue weighted by Crippen LogP contribution is -2.27. The molecule has 94 valence electrons. The van der Waals surface area contributed by atoms with E-state index >= 15 is 0 Å². The fraction of sp³-hybridized carbons (Fsp3) is 0.286. The van der Waals surface area contributed by atoms with Crippen molar-refractivity contribution in [2.45, 2.75) is 26.4 Å². The molecule has 1 aromatic heterocycles. The maximum atomic E-state index is 11.5. The normalized spacial score (nSPS) is 12.4. The topological polar surface area (TPSA) is 60.9 Å². The van der Waals surface area contributed by atoms with E-state index in [0.717, 1.165) is 5.56 Å². The highest BCUT2D eigenvalue weighted by Crippen LogP contribution is 2.16. The zero-order chi connectivity index (χ0) is 13.1. The van der Waals surface area contributed by atoms with Crippen LogP contribution in [-0.2, 0) is 6.54 Å². The van der Waals surface area contributed by atoms with Crippen LogP contribution in [0.3, 0.4) is 0 Å². The van der Waals surface area contributed by atoms with Gasteiger partial charge in [-0.1, -0.05) is 29.3 Å². The monoisotopic (exact) mass is 243 g/mol. The number of rotatable bonds is 3. The number of nitrogens with zero attached hydrogens (tertiary/aromatic N) is 2. The van der Waals surface area contributed by atoms with Crippen molar-refractivity contribution in [2.75, 3.05) is 0 Å². The number of hydrogen-bond acceptors (Lipinski definition) is 3. The Bertz CT molecular complexity index is 584. The molecule has 0 amide bonds. The second-order valence-electron chi connectivity index (χ2n) is 4.58. The molecular weight excluding hydrogens is 226 g/mol. The van der Waals surface area contributed by atoms with Gasteiger partial charge in [-0.3, -0.25) is 4.57 Å². The second kappa shape index (κ2) is 5.14. The first-order chi connectivity index (χ1) is 8.56. The zero-order valence-electron chi connectivity index (χ0n) is 10.6. The van der Waals surface area contributed by atoms with Gasteiger partial charge in [0.25, 0.3) is 0 Å². The van der Waals surface area contributed by atoms with E-state index in [4.69, 9.17) is 5.73 Å². The van der Waals surface area contributed by atoms with Crippen LogP contribution >= 0.6 is 0 Å². The summed E-state index contributed by atoms with van der Waals surface area (Å²) in [5.41, 5.74) is 9.28. The highest BCUT2D eigenvalue weighted by atomic mass is 16.1.